The molecule has 1 fully saturated rings. The van der Waals surface area contributed by atoms with Crippen molar-refractivity contribution in [1.82, 2.24) is 25.2 Å². The Balaban J connectivity index is 1.72. The highest BCUT2D eigenvalue weighted by Gasteiger charge is 2.40. The summed E-state index contributed by atoms with van der Waals surface area (Å²) in [5.74, 6) is 0. The Hall–Kier alpha value is -2.73. The van der Waals surface area contributed by atoms with Gasteiger partial charge in [-0.15, -0.1) is 0 Å². The van der Waals surface area contributed by atoms with Crippen molar-refractivity contribution in [3.63, 3.8) is 0 Å². The van der Waals surface area contributed by atoms with E-state index in [4.69, 9.17) is 12.2 Å². The number of hydrogen-bond acceptors (Lipinski definition) is 3. The van der Waals surface area contributed by atoms with Gasteiger partial charge < -0.3 is 15.2 Å². The van der Waals surface area contributed by atoms with Crippen molar-refractivity contribution in [3.05, 3.63) is 83.7 Å². The minimum absolute atomic E-state index is 0.00795. The summed E-state index contributed by atoms with van der Waals surface area (Å²) in [6.45, 7) is 2.79. The number of rotatable bonds is 4. The zero-order valence-electron chi connectivity index (χ0n) is 13.9. The molecule has 2 atom stereocenters. The van der Waals surface area contributed by atoms with Gasteiger partial charge in [-0.3, -0.25) is 9.97 Å². The fourth-order valence-electron chi connectivity index (χ4n) is 3.30. The number of thiocarbonyl (C=S) groups is 1. The van der Waals surface area contributed by atoms with Crippen molar-refractivity contribution in [2.24, 2.45) is 0 Å². The lowest BCUT2D eigenvalue weighted by Crippen LogP contribution is -2.29. The van der Waals surface area contributed by atoms with Crippen LogP contribution in [0.25, 0.3) is 0 Å². The third-order valence-electron chi connectivity index (χ3n) is 4.47. The lowest BCUT2D eigenvalue weighted by Gasteiger charge is -2.27. The molecule has 6 heteroatoms. The van der Waals surface area contributed by atoms with E-state index in [1.165, 1.54) is 5.56 Å². The van der Waals surface area contributed by atoms with Gasteiger partial charge in [-0.1, -0.05) is 6.07 Å². The molecular weight excluding hydrogens is 330 g/mol. The summed E-state index contributed by atoms with van der Waals surface area (Å²) in [6, 6.07) is 14.3. The van der Waals surface area contributed by atoms with Crippen molar-refractivity contribution in [2.75, 3.05) is 0 Å². The standard InChI is InChI=1S/C19H19N5S/c1-13-5-6-16(22-13)18-17(15-4-2-3-9-21-15)23-19(25)24(18)12-14-7-10-20-11-8-14/h2-11,17-18,22H,12H2,1H3,(H,23,25)/t17-,18+/m1/s1. The minimum Gasteiger partial charge on any atom is -0.361 e. The molecule has 4 rings (SSSR count). The van der Waals surface area contributed by atoms with E-state index in [1.54, 1.807) is 0 Å². The van der Waals surface area contributed by atoms with E-state index in [0.717, 1.165) is 28.7 Å². The second-order valence-electron chi connectivity index (χ2n) is 6.21. The smallest absolute Gasteiger partial charge is 0.170 e. The first kappa shape index (κ1) is 15.8. The number of hydrogen-bond donors (Lipinski definition) is 2. The third-order valence-corrected chi connectivity index (χ3v) is 4.83. The average molecular weight is 349 g/mol. The van der Waals surface area contributed by atoms with E-state index in [2.05, 4.69) is 44.2 Å². The molecule has 4 heterocycles. The number of aromatic amines is 1. The lowest BCUT2D eigenvalue weighted by atomic mass is 10.0. The largest absolute Gasteiger partial charge is 0.361 e. The monoisotopic (exact) mass is 349 g/mol. The molecule has 3 aromatic heterocycles. The van der Waals surface area contributed by atoms with E-state index in [-0.39, 0.29) is 12.1 Å². The van der Waals surface area contributed by atoms with Crippen LogP contribution in [-0.4, -0.2) is 25.0 Å². The molecule has 5 nitrogen and oxygen atoms in total. The first-order valence-corrected chi connectivity index (χ1v) is 8.65. The summed E-state index contributed by atoms with van der Waals surface area (Å²) in [5.41, 5.74) is 4.43. The Morgan fingerprint density at radius 2 is 1.92 bits per heavy atom. The van der Waals surface area contributed by atoms with Gasteiger partial charge in [-0.2, -0.15) is 0 Å². The van der Waals surface area contributed by atoms with Crippen LogP contribution in [0.5, 0.6) is 0 Å². The number of H-pyrrole nitrogens is 1. The zero-order valence-corrected chi connectivity index (χ0v) is 14.7. The summed E-state index contributed by atoms with van der Waals surface area (Å²) in [5, 5.41) is 4.20. The molecule has 0 aromatic carbocycles. The average Bonchev–Trinajstić information content (AvgIpc) is 3.20. The van der Waals surface area contributed by atoms with Crippen LogP contribution in [0.15, 0.2) is 61.1 Å². The van der Waals surface area contributed by atoms with Gasteiger partial charge in [-0.25, -0.2) is 0 Å². The van der Waals surface area contributed by atoms with Crippen molar-refractivity contribution >= 4 is 17.3 Å². The van der Waals surface area contributed by atoms with Crippen LogP contribution in [0.3, 0.4) is 0 Å². The van der Waals surface area contributed by atoms with Gasteiger partial charge in [0, 0.05) is 36.5 Å². The topological polar surface area (TPSA) is 56.8 Å². The molecule has 0 unspecified atom stereocenters. The van der Waals surface area contributed by atoms with Gasteiger partial charge in [0.05, 0.1) is 17.8 Å². The quantitative estimate of drug-likeness (QED) is 0.708. The molecule has 0 bridgehead atoms. The van der Waals surface area contributed by atoms with Gasteiger partial charge in [0.25, 0.3) is 0 Å². The van der Waals surface area contributed by atoms with E-state index in [9.17, 15) is 0 Å². The van der Waals surface area contributed by atoms with E-state index in [0.29, 0.717) is 0 Å². The van der Waals surface area contributed by atoms with Gasteiger partial charge >= 0.3 is 0 Å². The van der Waals surface area contributed by atoms with Gasteiger partial charge in [0.1, 0.15) is 0 Å². The summed E-state index contributed by atoms with van der Waals surface area (Å²) in [6.07, 6.45) is 5.44. The van der Waals surface area contributed by atoms with Crippen LogP contribution >= 0.6 is 12.2 Å². The number of aryl methyl sites for hydroxylation is 1. The Labute approximate surface area is 152 Å². The normalized spacial score (nSPS) is 19.9. The van der Waals surface area contributed by atoms with Gasteiger partial charge in [0.2, 0.25) is 0 Å². The van der Waals surface area contributed by atoms with E-state index in [1.807, 2.05) is 48.9 Å². The molecule has 1 aliphatic heterocycles. The maximum atomic E-state index is 5.66. The zero-order chi connectivity index (χ0) is 17.2. The van der Waals surface area contributed by atoms with Crippen LogP contribution in [0.2, 0.25) is 0 Å². The summed E-state index contributed by atoms with van der Waals surface area (Å²) >= 11 is 5.66. The molecular formula is C19H19N5S. The molecule has 1 saturated heterocycles. The fraction of sp³-hybridized carbons (Fsp3) is 0.211. The summed E-state index contributed by atoms with van der Waals surface area (Å²) < 4.78 is 0. The Morgan fingerprint density at radius 1 is 1.08 bits per heavy atom. The first-order chi connectivity index (χ1) is 12.2. The molecule has 0 saturated carbocycles. The van der Waals surface area contributed by atoms with Crippen molar-refractivity contribution in [2.45, 2.75) is 25.6 Å². The number of nitrogens with zero attached hydrogens (tertiary/aromatic N) is 3. The van der Waals surface area contributed by atoms with Crippen LogP contribution in [-0.2, 0) is 6.54 Å². The molecule has 25 heavy (non-hydrogen) atoms. The fourth-order valence-corrected chi connectivity index (χ4v) is 3.60. The molecule has 126 valence electrons. The third kappa shape index (κ3) is 3.13. The molecule has 3 aromatic rings. The first-order valence-electron chi connectivity index (χ1n) is 8.25. The second-order valence-corrected chi connectivity index (χ2v) is 6.59. The number of pyridine rings is 2. The molecule has 0 amide bonds. The maximum Gasteiger partial charge on any atom is 0.170 e. The highest BCUT2D eigenvalue weighted by atomic mass is 32.1. The van der Waals surface area contributed by atoms with Crippen molar-refractivity contribution in [1.29, 1.82) is 0 Å². The number of aromatic nitrogens is 3. The lowest BCUT2D eigenvalue weighted by molar-refractivity contribution is 0.305. The SMILES string of the molecule is Cc1ccc([C@H]2[C@@H](c3ccccn3)NC(=S)N2Cc2ccncc2)[nH]1. The molecule has 0 spiro atoms. The van der Waals surface area contributed by atoms with E-state index >= 15 is 0 Å². The highest BCUT2D eigenvalue weighted by Crippen LogP contribution is 2.38. The summed E-state index contributed by atoms with van der Waals surface area (Å²) in [4.78, 5) is 14.3. The molecule has 0 aliphatic carbocycles. The Morgan fingerprint density at radius 3 is 2.60 bits per heavy atom. The van der Waals surface area contributed by atoms with Gasteiger partial charge in [-0.05, 0) is 61.1 Å². The highest BCUT2D eigenvalue weighted by molar-refractivity contribution is 7.80. The van der Waals surface area contributed by atoms with Crippen LogP contribution < -0.4 is 5.32 Å². The second kappa shape index (κ2) is 6.64. The maximum absolute atomic E-state index is 5.66. The Kier molecular flexibility index (Phi) is 4.19. The molecule has 0 radical (unpaired) electrons. The van der Waals surface area contributed by atoms with Crippen molar-refractivity contribution < 1.29 is 0 Å². The van der Waals surface area contributed by atoms with E-state index < -0.39 is 0 Å². The minimum atomic E-state index is 0.00795. The molecule has 1 aliphatic rings. The van der Waals surface area contributed by atoms with Crippen LogP contribution in [0, 0.1) is 6.92 Å². The number of nitrogens with one attached hydrogen (secondary N) is 2. The van der Waals surface area contributed by atoms with Crippen LogP contribution in [0.4, 0.5) is 0 Å². The summed E-state index contributed by atoms with van der Waals surface area (Å²) in [7, 11) is 0. The predicted octanol–water partition coefficient (Wildman–Crippen LogP) is 3.29. The van der Waals surface area contributed by atoms with Crippen LogP contribution in [0.1, 0.15) is 34.7 Å². The van der Waals surface area contributed by atoms with Gasteiger partial charge in [0.15, 0.2) is 5.11 Å². The predicted molar refractivity (Wildman–Crippen MR) is 101 cm³/mol. The Bertz CT molecular complexity index is 862. The van der Waals surface area contributed by atoms with Crippen molar-refractivity contribution in [3.8, 4) is 0 Å². The molecule has 2 N–H and O–H groups in total.